The van der Waals surface area contributed by atoms with Gasteiger partial charge in [-0.15, -0.1) is 6.42 Å². The maximum atomic E-state index is 12.1. The summed E-state index contributed by atoms with van der Waals surface area (Å²) in [4.78, 5) is 12.1. The fourth-order valence-electron chi connectivity index (χ4n) is 1.55. The maximum absolute atomic E-state index is 12.1. The predicted octanol–water partition coefficient (Wildman–Crippen LogP) is 2.60. The molecule has 0 radical (unpaired) electrons. The van der Waals surface area contributed by atoms with Crippen LogP contribution in [0.15, 0.2) is 48.5 Å². The molecule has 2 aromatic rings. The molecule has 0 amide bonds. The molecule has 0 saturated carbocycles. The van der Waals surface area contributed by atoms with Crippen molar-refractivity contribution in [2.45, 2.75) is 0 Å². The van der Waals surface area contributed by atoms with Gasteiger partial charge in [-0.2, -0.15) is 0 Å². The third kappa shape index (κ3) is 2.19. The third-order valence-corrected chi connectivity index (χ3v) is 2.45. The highest BCUT2D eigenvalue weighted by atomic mass is 16.3. The largest absolute Gasteiger partial charge is 0.507 e. The number of carbonyl (C=O) groups excluding carboxylic acids is 1. The summed E-state index contributed by atoms with van der Waals surface area (Å²) in [6, 6.07) is 13.4. The highest BCUT2D eigenvalue weighted by Gasteiger charge is 2.10. The van der Waals surface area contributed by atoms with Gasteiger partial charge in [0.25, 0.3) is 0 Å². The lowest BCUT2D eigenvalue weighted by atomic mass is 10.0. The number of phenols is 1. The Labute approximate surface area is 99.5 Å². The van der Waals surface area contributed by atoms with Crippen LogP contribution in [0.4, 0.5) is 0 Å². The predicted molar refractivity (Wildman–Crippen MR) is 65.9 cm³/mol. The van der Waals surface area contributed by atoms with E-state index in [1.165, 1.54) is 12.1 Å². The van der Waals surface area contributed by atoms with E-state index >= 15 is 0 Å². The number of rotatable bonds is 2. The molecular formula is C15H10O2. The van der Waals surface area contributed by atoms with Crippen LogP contribution in [0, 0.1) is 12.3 Å². The second-order valence-electron chi connectivity index (χ2n) is 3.57. The Kier molecular flexibility index (Phi) is 2.93. The Morgan fingerprint density at radius 2 is 1.76 bits per heavy atom. The van der Waals surface area contributed by atoms with Crippen molar-refractivity contribution in [1.82, 2.24) is 0 Å². The molecule has 17 heavy (non-hydrogen) atoms. The molecule has 0 bridgehead atoms. The van der Waals surface area contributed by atoms with Gasteiger partial charge in [0.1, 0.15) is 5.75 Å². The first-order valence-electron chi connectivity index (χ1n) is 5.12. The minimum atomic E-state index is -0.109. The van der Waals surface area contributed by atoms with Crippen LogP contribution in [0.25, 0.3) is 0 Å². The molecular weight excluding hydrogens is 212 g/mol. The van der Waals surface area contributed by atoms with E-state index in [0.29, 0.717) is 16.7 Å². The van der Waals surface area contributed by atoms with E-state index in [0.717, 1.165) is 0 Å². The Balaban J connectivity index is 2.43. The van der Waals surface area contributed by atoms with Crippen molar-refractivity contribution in [3.63, 3.8) is 0 Å². The topological polar surface area (TPSA) is 37.3 Å². The van der Waals surface area contributed by atoms with Crippen molar-refractivity contribution in [1.29, 1.82) is 0 Å². The van der Waals surface area contributed by atoms with E-state index in [4.69, 9.17) is 6.42 Å². The van der Waals surface area contributed by atoms with Gasteiger partial charge in [-0.1, -0.05) is 36.3 Å². The van der Waals surface area contributed by atoms with Gasteiger partial charge in [0, 0.05) is 11.1 Å². The number of hydrogen-bond acceptors (Lipinski definition) is 2. The van der Waals surface area contributed by atoms with Crippen LogP contribution in [-0.2, 0) is 0 Å². The Morgan fingerprint density at radius 3 is 2.41 bits per heavy atom. The lowest BCUT2D eigenvalue weighted by Crippen LogP contribution is -2.01. The van der Waals surface area contributed by atoms with Crippen molar-refractivity contribution in [2.75, 3.05) is 0 Å². The summed E-state index contributed by atoms with van der Waals surface area (Å²) in [5, 5.41) is 9.43. The highest BCUT2D eigenvalue weighted by molar-refractivity contribution is 6.09. The Morgan fingerprint density at radius 1 is 1.06 bits per heavy atom. The van der Waals surface area contributed by atoms with Crippen LogP contribution in [0.3, 0.4) is 0 Å². The summed E-state index contributed by atoms with van der Waals surface area (Å²) < 4.78 is 0. The normalized spacial score (nSPS) is 9.59. The zero-order valence-electron chi connectivity index (χ0n) is 9.05. The van der Waals surface area contributed by atoms with Crippen molar-refractivity contribution >= 4 is 5.78 Å². The Bertz CT molecular complexity index is 592. The fraction of sp³-hybridized carbons (Fsp3) is 0. The molecule has 0 atom stereocenters. The summed E-state index contributed by atoms with van der Waals surface area (Å²) in [6.07, 6.45) is 5.24. The summed E-state index contributed by atoms with van der Waals surface area (Å²) in [5.41, 5.74) is 1.40. The summed E-state index contributed by atoms with van der Waals surface area (Å²) in [5.74, 6) is 2.24. The zero-order valence-corrected chi connectivity index (χ0v) is 9.05. The molecule has 0 aliphatic carbocycles. The molecule has 0 fully saturated rings. The minimum Gasteiger partial charge on any atom is -0.507 e. The van der Waals surface area contributed by atoms with Gasteiger partial charge >= 0.3 is 0 Å². The second kappa shape index (κ2) is 4.54. The molecule has 2 rings (SSSR count). The van der Waals surface area contributed by atoms with Gasteiger partial charge in [-0.3, -0.25) is 4.79 Å². The molecule has 0 aliphatic rings. The van der Waals surface area contributed by atoms with Crippen LogP contribution >= 0.6 is 0 Å². The molecule has 2 heteroatoms. The molecule has 0 unspecified atom stereocenters. The lowest BCUT2D eigenvalue weighted by molar-refractivity contribution is 0.103. The van der Waals surface area contributed by atoms with E-state index < -0.39 is 0 Å². The molecule has 0 aliphatic heterocycles. The monoisotopic (exact) mass is 222 g/mol. The molecule has 0 saturated heterocycles. The van der Waals surface area contributed by atoms with Crippen LogP contribution in [0.1, 0.15) is 21.5 Å². The zero-order chi connectivity index (χ0) is 12.3. The van der Waals surface area contributed by atoms with Gasteiger partial charge in [-0.25, -0.2) is 0 Å². The number of phenolic OH excluding ortho intramolecular Hbond substituents is 1. The number of aromatic hydroxyl groups is 1. The van der Waals surface area contributed by atoms with E-state index in [9.17, 15) is 9.90 Å². The average Bonchev–Trinajstić information content (AvgIpc) is 2.39. The van der Waals surface area contributed by atoms with Crippen molar-refractivity contribution < 1.29 is 9.90 Å². The first kappa shape index (κ1) is 11.0. The van der Waals surface area contributed by atoms with Crippen LogP contribution in [-0.4, -0.2) is 10.9 Å². The molecule has 2 aromatic carbocycles. The van der Waals surface area contributed by atoms with E-state index in [1.54, 1.807) is 30.3 Å². The number of terminal acetylenes is 1. The van der Waals surface area contributed by atoms with Gasteiger partial charge in [0.2, 0.25) is 0 Å². The molecule has 0 heterocycles. The molecule has 0 aromatic heterocycles. The van der Waals surface area contributed by atoms with E-state index in [-0.39, 0.29) is 11.5 Å². The molecule has 0 spiro atoms. The number of carbonyl (C=O) groups is 1. The maximum Gasteiger partial charge on any atom is 0.193 e. The molecule has 1 N–H and O–H groups in total. The summed E-state index contributed by atoms with van der Waals surface area (Å²) in [6.45, 7) is 0. The lowest BCUT2D eigenvalue weighted by Gasteiger charge is -2.03. The van der Waals surface area contributed by atoms with Crippen LogP contribution in [0.5, 0.6) is 5.75 Å². The molecule has 2 nitrogen and oxygen atoms in total. The van der Waals surface area contributed by atoms with Crippen molar-refractivity contribution in [3.05, 3.63) is 65.2 Å². The van der Waals surface area contributed by atoms with Gasteiger partial charge in [-0.05, 0) is 18.2 Å². The van der Waals surface area contributed by atoms with Crippen LogP contribution in [0.2, 0.25) is 0 Å². The highest BCUT2D eigenvalue weighted by Crippen LogP contribution is 2.19. The summed E-state index contributed by atoms with van der Waals surface area (Å²) in [7, 11) is 0. The number of ketones is 1. The number of hydrogen-bond donors (Lipinski definition) is 1. The van der Waals surface area contributed by atoms with Crippen molar-refractivity contribution in [2.24, 2.45) is 0 Å². The van der Waals surface area contributed by atoms with Gasteiger partial charge in [0.15, 0.2) is 5.78 Å². The number of benzene rings is 2. The molecule has 82 valence electrons. The quantitative estimate of drug-likeness (QED) is 0.626. The first-order chi connectivity index (χ1) is 8.22. The van der Waals surface area contributed by atoms with Gasteiger partial charge in [0.05, 0.1) is 5.56 Å². The minimum absolute atomic E-state index is 0.0112. The Hall–Kier alpha value is -2.53. The van der Waals surface area contributed by atoms with Crippen molar-refractivity contribution in [3.8, 4) is 18.1 Å². The van der Waals surface area contributed by atoms with Gasteiger partial charge < -0.3 is 5.11 Å². The van der Waals surface area contributed by atoms with E-state index in [2.05, 4.69) is 5.92 Å². The van der Waals surface area contributed by atoms with E-state index in [1.807, 2.05) is 6.07 Å². The second-order valence-corrected chi connectivity index (χ2v) is 3.57. The SMILES string of the molecule is C#Cc1cc(C(=O)c2ccccc2)ccc1O. The summed E-state index contributed by atoms with van der Waals surface area (Å²) >= 11 is 0. The fourth-order valence-corrected chi connectivity index (χ4v) is 1.55. The van der Waals surface area contributed by atoms with Crippen LogP contribution < -0.4 is 0 Å². The third-order valence-electron chi connectivity index (χ3n) is 2.45. The standard InChI is InChI=1S/C15H10O2/c1-2-11-10-13(8-9-14(11)16)15(17)12-6-4-3-5-7-12/h1,3-10,16H. The first-order valence-corrected chi connectivity index (χ1v) is 5.12. The smallest absolute Gasteiger partial charge is 0.193 e. The average molecular weight is 222 g/mol.